The Labute approximate surface area is 104 Å². The maximum atomic E-state index is 11.4. The monoisotopic (exact) mass is 340 g/mol. The molecular formula is C9H13IN2O2S. The minimum Gasteiger partial charge on any atom is -0.271 e. The SMILES string of the molecule is CCCNS(=O)(=O)Nc1cccc(I)c1. The summed E-state index contributed by atoms with van der Waals surface area (Å²) < 4.78 is 28.8. The molecular weight excluding hydrogens is 327 g/mol. The molecule has 0 aromatic heterocycles. The Balaban J connectivity index is 2.69. The third-order valence-corrected chi connectivity index (χ3v) is 3.38. The number of anilines is 1. The van der Waals surface area contributed by atoms with Crippen LogP contribution in [0.15, 0.2) is 24.3 Å². The molecule has 0 heterocycles. The standard InChI is InChI=1S/C9H13IN2O2S/c1-2-6-11-15(13,14)12-9-5-3-4-8(10)7-9/h3-5,7,11-12H,2,6H2,1H3. The molecule has 0 bridgehead atoms. The fraction of sp³-hybridized carbons (Fsp3) is 0.333. The second-order valence-electron chi connectivity index (χ2n) is 3.01. The first-order chi connectivity index (χ1) is 7.03. The fourth-order valence-corrected chi connectivity index (χ4v) is 2.51. The quantitative estimate of drug-likeness (QED) is 0.805. The Morgan fingerprint density at radius 3 is 2.73 bits per heavy atom. The predicted octanol–water partition coefficient (Wildman–Crippen LogP) is 1.95. The highest BCUT2D eigenvalue weighted by Gasteiger charge is 2.07. The van der Waals surface area contributed by atoms with E-state index in [1.807, 2.05) is 13.0 Å². The molecule has 15 heavy (non-hydrogen) atoms. The van der Waals surface area contributed by atoms with Crippen LogP contribution in [0.5, 0.6) is 0 Å². The van der Waals surface area contributed by atoms with E-state index in [0.29, 0.717) is 12.2 Å². The topological polar surface area (TPSA) is 58.2 Å². The molecule has 0 amide bonds. The largest absolute Gasteiger partial charge is 0.299 e. The zero-order chi connectivity index (χ0) is 11.3. The summed E-state index contributed by atoms with van der Waals surface area (Å²) >= 11 is 2.13. The summed E-state index contributed by atoms with van der Waals surface area (Å²) in [6.45, 7) is 2.35. The predicted molar refractivity (Wildman–Crippen MR) is 70.0 cm³/mol. The summed E-state index contributed by atoms with van der Waals surface area (Å²) in [7, 11) is -3.42. The zero-order valence-electron chi connectivity index (χ0n) is 8.33. The van der Waals surface area contributed by atoms with Gasteiger partial charge in [-0.3, -0.25) is 4.72 Å². The van der Waals surface area contributed by atoms with Crippen LogP contribution >= 0.6 is 22.6 Å². The molecule has 1 rings (SSSR count). The highest BCUT2D eigenvalue weighted by atomic mass is 127. The van der Waals surface area contributed by atoms with Crippen LogP contribution in [0, 0.1) is 3.57 Å². The third kappa shape index (κ3) is 4.80. The number of benzene rings is 1. The van der Waals surface area contributed by atoms with Crippen molar-refractivity contribution < 1.29 is 8.42 Å². The van der Waals surface area contributed by atoms with Crippen molar-refractivity contribution in [2.24, 2.45) is 0 Å². The highest BCUT2D eigenvalue weighted by molar-refractivity contribution is 14.1. The molecule has 0 saturated carbocycles. The van der Waals surface area contributed by atoms with Gasteiger partial charge >= 0.3 is 0 Å². The Hall–Kier alpha value is -0.340. The lowest BCUT2D eigenvalue weighted by atomic mass is 10.3. The average Bonchev–Trinajstić information content (AvgIpc) is 2.14. The van der Waals surface area contributed by atoms with Gasteiger partial charge in [-0.05, 0) is 47.2 Å². The molecule has 4 nitrogen and oxygen atoms in total. The second kappa shape index (κ2) is 5.66. The van der Waals surface area contributed by atoms with Gasteiger partial charge < -0.3 is 0 Å². The summed E-state index contributed by atoms with van der Waals surface area (Å²) in [5, 5.41) is 0. The third-order valence-electron chi connectivity index (χ3n) is 1.62. The average molecular weight is 340 g/mol. The van der Waals surface area contributed by atoms with Crippen LogP contribution in [0.3, 0.4) is 0 Å². The maximum absolute atomic E-state index is 11.4. The Morgan fingerprint density at radius 2 is 2.13 bits per heavy atom. The molecule has 1 aromatic carbocycles. The highest BCUT2D eigenvalue weighted by Crippen LogP contribution is 2.13. The summed E-state index contributed by atoms with van der Waals surface area (Å²) in [4.78, 5) is 0. The number of rotatable bonds is 5. The van der Waals surface area contributed by atoms with Crippen molar-refractivity contribution in [3.05, 3.63) is 27.8 Å². The van der Waals surface area contributed by atoms with Crippen LogP contribution in [-0.2, 0) is 10.2 Å². The molecule has 0 aliphatic rings. The first-order valence-electron chi connectivity index (χ1n) is 4.56. The minimum absolute atomic E-state index is 0.444. The zero-order valence-corrected chi connectivity index (χ0v) is 11.3. The van der Waals surface area contributed by atoms with E-state index in [4.69, 9.17) is 0 Å². The molecule has 1 aromatic rings. The molecule has 0 aliphatic carbocycles. The van der Waals surface area contributed by atoms with Crippen LogP contribution in [-0.4, -0.2) is 15.0 Å². The number of halogens is 1. The van der Waals surface area contributed by atoms with E-state index in [1.165, 1.54) is 0 Å². The van der Waals surface area contributed by atoms with Gasteiger partial charge in [-0.2, -0.15) is 13.1 Å². The number of hydrogen-bond acceptors (Lipinski definition) is 2. The maximum Gasteiger partial charge on any atom is 0.299 e. The van der Waals surface area contributed by atoms with E-state index in [2.05, 4.69) is 32.0 Å². The van der Waals surface area contributed by atoms with Gasteiger partial charge in [-0.1, -0.05) is 13.0 Å². The molecule has 2 N–H and O–H groups in total. The summed E-state index contributed by atoms with van der Waals surface area (Å²) in [5.74, 6) is 0. The van der Waals surface area contributed by atoms with Gasteiger partial charge in [0.15, 0.2) is 0 Å². The van der Waals surface area contributed by atoms with Crippen molar-refractivity contribution in [1.82, 2.24) is 4.72 Å². The van der Waals surface area contributed by atoms with Gasteiger partial charge in [0, 0.05) is 10.1 Å². The van der Waals surface area contributed by atoms with Crippen LogP contribution in [0.2, 0.25) is 0 Å². The van der Waals surface area contributed by atoms with E-state index in [-0.39, 0.29) is 0 Å². The van der Waals surface area contributed by atoms with Crippen LogP contribution in [0.25, 0.3) is 0 Å². The normalized spacial score (nSPS) is 11.3. The van der Waals surface area contributed by atoms with E-state index < -0.39 is 10.2 Å². The molecule has 0 spiro atoms. The van der Waals surface area contributed by atoms with Crippen LogP contribution in [0.1, 0.15) is 13.3 Å². The van der Waals surface area contributed by atoms with Crippen LogP contribution < -0.4 is 9.44 Å². The molecule has 0 aliphatic heterocycles. The van der Waals surface area contributed by atoms with Crippen molar-refractivity contribution in [2.75, 3.05) is 11.3 Å². The summed E-state index contributed by atoms with van der Waals surface area (Å²) in [6, 6.07) is 7.19. The van der Waals surface area contributed by atoms with Crippen molar-refractivity contribution in [2.45, 2.75) is 13.3 Å². The molecule has 0 atom stereocenters. The lowest BCUT2D eigenvalue weighted by Gasteiger charge is -2.08. The van der Waals surface area contributed by atoms with Crippen molar-refractivity contribution in [1.29, 1.82) is 0 Å². The first-order valence-corrected chi connectivity index (χ1v) is 7.12. The smallest absolute Gasteiger partial charge is 0.271 e. The van der Waals surface area contributed by atoms with Crippen molar-refractivity contribution in [3.8, 4) is 0 Å². The lowest BCUT2D eigenvalue weighted by molar-refractivity contribution is 0.586. The van der Waals surface area contributed by atoms with Crippen molar-refractivity contribution >= 4 is 38.5 Å². The molecule has 0 fully saturated rings. The van der Waals surface area contributed by atoms with Gasteiger partial charge in [0.1, 0.15) is 0 Å². The van der Waals surface area contributed by atoms with Crippen molar-refractivity contribution in [3.63, 3.8) is 0 Å². The molecule has 0 saturated heterocycles. The van der Waals surface area contributed by atoms with Gasteiger partial charge in [-0.25, -0.2) is 0 Å². The van der Waals surface area contributed by atoms with E-state index in [9.17, 15) is 8.42 Å². The van der Waals surface area contributed by atoms with Gasteiger partial charge in [0.05, 0.1) is 5.69 Å². The lowest BCUT2D eigenvalue weighted by Crippen LogP contribution is -2.30. The van der Waals surface area contributed by atoms with Gasteiger partial charge in [0.25, 0.3) is 10.2 Å². The molecule has 0 radical (unpaired) electrons. The molecule has 6 heteroatoms. The molecule has 0 unspecified atom stereocenters. The van der Waals surface area contributed by atoms with Gasteiger partial charge in [-0.15, -0.1) is 0 Å². The second-order valence-corrected chi connectivity index (χ2v) is 5.76. The Morgan fingerprint density at radius 1 is 1.40 bits per heavy atom. The van der Waals surface area contributed by atoms with Gasteiger partial charge in [0.2, 0.25) is 0 Å². The summed E-state index contributed by atoms with van der Waals surface area (Å²) in [6.07, 6.45) is 0.771. The Kier molecular flexibility index (Phi) is 4.81. The minimum atomic E-state index is -3.42. The number of nitrogens with one attached hydrogen (secondary N) is 2. The van der Waals surface area contributed by atoms with E-state index >= 15 is 0 Å². The van der Waals surface area contributed by atoms with E-state index in [0.717, 1.165) is 9.99 Å². The fourth-order valence-electron chi connectivity index (χ4n) is 0.980. The van der Waals surface area contributed by atoms with Crippen LogP contribution in [0.4, 0.5) is 5.69 Å². The van der Waals surface area contributed by atoms with E-state index in [1.54, 1.807) is 18.2 Å². The first kappa shape index (κ1) is 12.7. The Bertz CT molecular complexity index is 420. The summed E-state index contributed by atoms with van der Waals surface area (Å²) in [5.41, 5.74) is 0.575. The number of hydrogen-bond donors (Lipinski definition) is 2. The molecule has 84 valence electrons.